The number of hydrogen-bond acceptors (Lipinski definition) is 4. The number of amides is 1. The van der Waals surface area contributed by atoms with Gasteiger partial charge in [-0.3, -0.25) is 14.9 Å². The smallest absolute Gasteiger partial charge is 0.272 e. The van der Waals surface area contributed by atoms with Gasteiger partial charge in [0.15, 0.2) is 0 Å². The second-order valence-corrected chi connectivity index (χ2v) is 5.72. The van der Waals surface area contributed by atoms with Gasteiger partial charge in [0.1, 0.15) is 5.65 Å². The minimum atomic E-state index is -0.473. The number of halogens is 1. The van der Waals surface area contributed by atoms with Crippen LogP contribution >= 0.6 is 11.6 Å². The molecule has 0 atom stereocenters. The van der Waals surface area contributed by atoms with Crippen LogP contribution in [0.15, 0.2) is 42.7 Å². The number of nitrogens with zero attached hydrogens (tertiary/aromatic N) is 3. The van der Waals surface area contributed by atoms with E-state index in [0.29, 0.717) is 21.8 Å². The SMILES string of the molecule is Cc1cc(C(=O)NCc2cn3cc(Cl)ccc3n2)ccc1[N+](=O)[O-]. The number of carbonyl (C=O) groups excluding carboxylic acids is 1. The fourth-order valence-electron chi connectivity index (χ4n) is 2.38. The Hall–Kier alpha value is -2.93. The quantitative estimate of drug-likeness (QED) is 0.581. The summed E-state index contributed by atoms with van der Waals surface area (Å²) in [4.78, 5) is 26.9. The molecule has 0 bridgehead atoms. The highest BCUT2D eigenvalue weighted by Gasteiger charge is 2.14. The summed E-state index contributed by atoms with van der Waals surface area (Å²) in [7, 11) is 0. The fraction of sp³-hybridized carbons (Fsp3) is 0.125. The third kappa shape index (κ3) is 3.21. The van der Waals surface area contributed by atoms with Crippen LogP contribution in [0.1, 0.15) is 21.6 Å². The van der Waals surface area contributed by atoms with E-state index in [1.54, 1.807) is 35.9 Å². The van der Waals surface area contributed by atoms with Crippen molar-refractivity contribution in [2.45, 2.75) is 13.5 Å². The van der Waals surface area contributed by atoms with E-state index in [2.05, 4.69) is 10.3 Å². The van der Waals surface area contributed by atoms with Crippen LogP contribution in [0.5, 0.6) is 0 Å². The molecule has 0 aliphatic rings. The number of rotatable bonds is 4. The van der Waals surface area contributed by atoms with Crippen molar-refractivity contribution >= 4 is 28.8 Å². The molecule has 2 aromatic heterocycles. The Balaban J connectivity index is 1.72. The Morgan fingerprint density at radius 1 is 1.33 bits per heavy atom. The molecule has 0 radical (unpaired) electrons. The highest BCUT2D eigenvalue weighted by atomic mass is 35.5. The molecule has 0 spiro atoms. The molecule has 8 heteroatoms. The molecule has 0 aliphatic carbocycles. The van der Waals surface area contributed by atoms with Crippen LogP contribution in [-0.2, 0) is 6.54 Å². The van der Waals surface area contributed by atoms with Crippen molar-refractivity contribution in [3.05, 3.63) is 74.7 Å². The van der Waals surface area contributed by atoms with Crippen LogP contribution in [0.25, 0.3) is 5.65 Å². The van der Waals surface area contributed by atoms with Gasteiger partial charge in [-0.25, -0.2) is 4.98 Å². The van der Waals surface area contributed by atoms with Crippen molar-refractivity contribution in [1.29, 1.82) is 0 Å². The van der Waals surface area contributed by atoms with E-state index < -0.39 is 4.92 Å². The number of fused-ring (bicyclic) bond motifs is 1. The zero-order valence-electron chi connectivity index (χ0n) is 12.7. The van der Waals surface area contributed by atoms with Crippen molar-refractivity contribution in [1.82, 2.24) is 14.7 Å². The number of aromatic nitrogens is 2. The summed E-state index contributed by atoms with van der Waals surface area (Å²) in [5.74, 6) is -0.317. The number of carbonyl (C=O) groups is 1. The van der Waals surface area contributed by atoms with Crippen LogP contribution in [0.2, 0.25) is 5.02 Å². The molecule has 3 rings (SSSR count). The van der Waals surface area contributed by atoms with E-state index in [1.165, 1.54) is 18.2 Å². The molecular weight excluding hydrogens is 332 g/mol. The first-order valence-electron chi connectivity index (χ1n) is 7.10. The van der Waals surface area contributed by atoms with Crippen molar-refractivity contribution in [2.24, 2.45) is 0 Å². The van der Waals surface area contributed by atoms with E-state index in [4.69, 9.17) is 11.6 Å². The Labute approximate surface area is 142 Å². The maximum atomic E-state index is 12.2. The lowest BCUT2D eigenvalue weighted by Crippen LogP contribution is -2.23. The summed E-state index contributed by atoms with van der Waals surface area (Å²) >= 11 is 5.92. The standard InChI is InChI=1S/C16H13ClN4O3/c1-10-6-11(2-4-14(10)21(23)24)16(22)18-7-13-9-20-8-12(17)3-5-15(20)19-13/h2-6,8-9H,7H2,1H3,(H,18,22). The van der Waals surface area contributed by atoms with Gasteiger partial charge >= 0.3 is 0 Å². The van der Waals surface area contributed by atoms with Crippen LogP contribution < -0.4 is 5.32 Å². The van der Waals surface area contributed by atoms with Crippen molar-refractivity contribution in [2.75, 3.05) is 0 Å². The number of imidazole rings is 1. The summed E-state index contributed by atoms with van der Waals surface area (Å²) in [6.45, 7) is 1.84. The van der Waals surface area contributed by atoms with Gasteiger partial charge in [0.25, 0.3) is 11.6 Å². The molecule has 1 amide bonds. The average molecular weight is 345 g/mol. The predicted octanol–water partition coefficient (Wildman–Crippen LogP) is 3.13. The fourth-order valence-corrected chi connectivity index (χ4v) is 2.54. The van der Waals surface area contributed by atoms with Crippen molar-refractivity contribution in [3.63, 3.8) is 0 Å². The normalized spacial score (nSPS) is 10.8. The molecular formula is C16H13ClN4O3. The largest absolute Gasteiger partial charge is 0.346 e. The summed E-state index contributed by atoms with van der Waals surface area (Å²) in [5.41, 5.74) is 2.21. The lowest BCUT2D eigenvalue weighted by Gasteiger charge is -2.04. The molecule has 0 fully saturated rings. The third-order valence-corrected chi connectivity index (χ3v) is 3.77. The van der Waals surface area contributed by atoms with Gasteiger partial charge in [-0.05, 0) is 31.2 Å². The molecule has 0 aliphatic heterocycles. The van der Waals surface area contributed by atoms with Gasteiger partial charge in [0, 0.05) is 29.6 Å². The minimum Gasteiger partial charge on any atom is -0.346 e. The molecule has 122 valence electrons. The number of benzene rings is 1. The molecule has 1 aromatic carbocycles. The lowest BCUT2D eigenvalue weighted by molar-refractivity contribution is -0.385. The highest BCUT2D eigenvalue weighted by molar-refractivity contribution is 6.30. The van der Waals surface area contributed by atoms with E-state index in [1.807, 2.05) is 0 Å². The molecule has 2 heterocycles. The van der Waals surface area contributed by atoms with Crippen molar-refractivity contribution in [3.8, 4) is 0 Å². The average Bonchev–Trinajstić information content (AvgIpc) is 2.94. The zero-order valence-corrected chi connectivity index (χ0v) is 13.4. The Bertz CT molecular complexity index is 952. The maximum absolute atomic E-state index is 12.2. The summed E-state index contributed by atoms with van der Waals surface area (Å²) in [6.07, 6.45) is 3.51. The number of nitro benzene ring substituents is 1. The molecule has 0 saturated heterocycles. The van der Waals surface area contributed by atoms with Crippen LogP contribution in [0, 0.1) is 17.0 Å². The first-order chi connectivity index (χ1) is 11.4. The van der Waals surface area contributed by atoms with Crippen LogP contribution in [0.3, 0.4) is 0 Å². The zero-order chi connectivity index (χ0) is 17.3. The van der Waals surface area contributed by atoms with E-state index in [-0.39, 0.29) is 18.1 Å². The third-order valence-electron chi connectivity index (χ3n) is 3.55. The summed E-state index contributed by atoms with van der Waals surface area (Å²) < 4.78 is 1.78. The van der Waals surface area contributed by atoms with Gasteiger partial charge in [0.05, 0.1) is 22.2 Å². The first kappa shape index (κ1) is 15.9. The predicted molar refractivity (Wildman–Crippen MR) is 89.2 cm³/mol. The molecule has 24 heavy (non-hydrogen) atoms. The monoisotopic (exact) mass is 344 g/mol. The summed E-state index contributed by atoms with van der Waals surface area (Å²) in [6, 6.07) is 7.79. The molecule has 3 aromatic rings. The number of pyridine rings is 1. The van der Waals surface area contributed by atoms with Gasteiger partial charge in [-0.2, -0.15) is 0 Å². The van der Waals surface area contributed by atoms with E-state index in [0.717, 1.165) is 5.65 Å². The Morgan fingerprint density at radius 2 is 2.12 bits per heavy atom. The van der Waals surface area contributed by atoms with Crippen LogP contribution in [0.4, 0.5) is 5.69 Å². The summed E-state index contributed by atoms with van der Waals surface area (Å²) in [5, 5.41) is 14.2. The number of hydrogen-bond donors (Lipinski definition) is 1. The van der Waals surface area contributed by atoms with Gasteiger partial charge < -0.3 is 9.72 Å². The van der Waals surface area contributed by atoms with Gasteiger partial charge in [0.2, 0.25) is 0 Å². The Morgan fingerprint density at radius 3 is 2.83 bits per heavy atom. The number of aryl methyl sites for hydroxylation is 1. The number of nitro groups is 1. The second-order valence-electron chi connectivity index (χ2n) is 5.29. The Kier molecular flexibility index (Phi) is 4.18. The second kappa shape index (κ2) is 6.29. The molecule has 1 N–H and O–H groups in total. The van der Waals surface area contributed by atoms with Crippen molar-refractivity contribution < 1.29 is 9.72 Å². The first-order valence-corrected chi connectivity index (χ1v) is 7.48. The van der Waals surface area contributed by atoms with Gasteiger partial charge in [-0.1, -0.05) is 11.6 Å². The van der Waals surface area contributed by atoms with E-state index in [9.17, 15) is 14.9 Å². The van der Waals surface area contributed by atoms with Gasteiger partial charge in [-0.15, -0.1) is 0 Å². The van der Waals surface area contributed by atoms with E-state index >= 15 is 0 Å². The number of nitrogens with one attached hydrogen (secondary N) is 1. The molecule has 0 unspecified atom stereocenters. The van der Waals surface area contributed by atoms with Crippen LogP contribution in [-0.4, -0.2) is 20.2 Å². The maximum Gasteiger partial charge on any atom is 0.272 e. The topological polar surface area (TPSA) is 89.5 Å². The highest BCUT2D eigenvalue weighted by Crippen LogP contribution is 2.19. The molecule has 7 nitrogen and oxygen atoms in total. The molecule has 0 saturated carbocycles. The lowest BCUT2D eigenvalue weighted by atomic mass is 10.1. The minimum absolute atomic E-state index is 0.0104.